The maximum absolute atomic E-state index is 12.9. The minimum Gasteiger partial charge on any atom is -0.350 e. The zero-order valence-electron chi connectivity index (χ0n) is 13.7. The molecule has 1 aliphatic heterocycles. The van der Waals surface area contributed by atoms with Crippen molar-refractivity contribution < 1.29 is 14.3 Å². The van der Waals surface area contributed by atoms with E-state index < -0.39 is 10.6 Å². The van der Waals surface area contributed by atoms with Crippen molar-refractivity contribution in [3.8, 4) is 0 Å². The minimum atomic E-state index is -0.987. The van der Waals surface area contributed by atoms with E-state index in [0.29, 0.717) is 6.54 Å². The van der Waals surface area contributed by atoms with E-state index in [0.717, 1.165) is 11.1 Å². The Morgan fingerprint density at radius 1 is 1.00 bits per heavy atom. The van der Waals surface area contributed by atoms with Gasteiger partial charge in [-0.2, -0.15) is 0 Å². The number of benzene rings is 2. The van der Waals surface area contributed by atoms with Gasteiger partial charge in [-0.25, -0.2) is 0 Å². The standard InChI is InChI=1S/C19H20BrNO3/c1-23-19(24-2)13-21(18(22)17(19)20)16(14-9-5-3-6-10-14)15-11-7-4-8-12-15/h3-12,16-17H,13H2,1-2H3/t17-/m1/s1. The molecule has 0 aliphatic carbocycles. The van der Waals surface area contributed by atoms with Crippen LogP contribution in [0.1, 0.15) is 17.2 Å². The molecule has 0 radical (unpaired) electrons. The van der Waals surface area contributed by atoms with Crippen LogP contribution in [0.4, 0.5) is 0 Å². The maximum atomic E-state index is 12.9. The van der Waals surface area contributed by atoms with Gasteiger partial charge in [-0.1, -0.05) is 76.6 Å². The monoisotopic (exact) mass is 389 g/mol. The molecule has 2 aromatic carbocycles. The average Bonchev–Trinajstić information content (AvgIpc) is 2.89. The smallest absolute Gasteiger partial charge is 0.242 e. The summed E-state index contributed by atoms with van der Waals surface area (Å²) < 4.78 is 11.1. The summed E-state index contributed by atoms with van der Waals surface area (Å²) in [5, 5.41) is 0. The largest absolute Gasteiger partial charge is 0.350 e. The van der Waals surface area contributed by atoms with Gasteiger partial charge in [0.2, 0.25) is 11.7 Å². The van der Waals surface area contributed by atoms with Crippen molar-refractivity contribution in [1.29, 1.82) is 0 Å². The zero-order chi connectivity index (χ0) is 17.2. The van der Waals surface area contributed by atoms with Crippen LogP contribution >= 0.6 is 15.9 Å². The van der Waals surface area contributed by atoms with Crippen LogP contribution in [-0.2, 0) is 14.3 Å². The van der Waals surface area contributed by atoms with Crippen molar-refractivity contribution in [1.82, 2.24) is 4.90 Å². The van der Waals surface area contributed by atoms with E-state index in [9.17, 15) is 4.79 Å². The molecule has 0 bridgehead atoms. The highest BCUT2D eigenvalue weighted by Crippen LogP contribution is 2.40. The van der Waals surface area contributed by atoms with Gasteiger partial charge in [0.15, 0.2) is 0 Å². The van der Waals surface area contributed by atoms with Gasteiger partial charge in [-0.05, 0) is 11.1 Å². The fourth-order valence-corrected chi connectivity index (χ4v) is 3.97. The first-order chi connectivity index (χ1) is 11.6. The molecule has 0 N–H and O–H groups in total. The number of carbonyl (C=O) groups excluding carboxylic acids is 1. The first kappa shape index (κ1) is 17.1. The van der Waals surface area contributed by atoms with Crippen LogP contribution in [-0.4, -0.2) is 42.2 Å². The fraction of sp³-hybridized carbons (Fsp3) is 0.316. The molecule has 4 nitrogen and oxygen atoms in total. The Balaban J connectivity index is 2.06. The molecule has 3 rings (SSSR count). The van der Waals surface area contributed by atoms with Crippen molar-refractivity contribution in [3.05, 3.63) is 71.8 Å². The van der Waals surface area contributed by atoms with Crippen LogP contribution in [0.2, 0.25) is 0 Å². The number of methoxy groups -OCH3 is 2. The predicted molar refractivity (Wildman–Crippen MR) is 95.9 cm³/mol. The number of likely N-dealkylation sites (tertiary alicyclic amines) is 1. The first-order valence-electron chi connectivity index (χ1n) is 7.77. The number of rotatable bonds is 5. The van der Waals surface area contributed by atoms with Crippen molar-refractivity contribution in [2.45, 2.75) is 16.7 Å². The van der Waals surface area contributed by atoms with Crippen LogP contribution in [0.25, 0.3) is 0 Å². The lowest BCUT2D eigenvalue weighted by Crippen LogP contribution is -2.43. The molecule has 0 saturated carbocycles. The highest BCUT2D eigenvalue weighted by molar-refractivity contribution is 9.10. The summed E-state index contributed by atoms with van der Waals surface area (Å²) in [6, 6.07) is 19.8. The van der Waals surface area contributed by atoms with Crippen molar-refractivity contribution in [3.63, 3.8) is 0 Å². The van der Waals surface area contributed by atoms with Gasteiger partial charge in [-0.15, -0.1) is 0 Å². The zero-order valence-corrected chi connectivity index (χ0v) is 15.3. The summed E-state index contributed by atoms with van der Waals surface area (Å²) in [4.78, 5) is 14.2. The van der Waals surface area contributed by atoms with Crippen LogP contribution in [0.3, 0.4) is 0 Å². The van der Waals surface area contributed by atoms with E-state index in [1.54, 1.807) is 14.2 Å². The molecule has 0 spiro atoms. The third-order valence-electron chi connectivity index (χ3n) is 4.51. The van der Waals surface area contributed by atoms with Crippen LogP contribution in [0, 0.1) is 0 Å². The summed E-state index contributed by atoms with van der Waals surface area (Å²) >= 11 is 3.46. The second-order valence-electron chi connectivity index (χ2n) is 5.77. The average molecular weight is 390 g/mol. The second-order valence-corrected chi connectivity index (χ2v) is 6.69. The normalized spacial score (nSPS) is 19.9. The summed E-state index contributed by atoms with van der Waals surface area (Å²) in [5.74, 6) is -1.03. The molecule has 0 aromatic heterocycles. The van der Waals surface area contributed by atoms with Crippen LogP contribution in [0.5, 0.6) is 0 Å². The van der Waals surface area contributed by atoms with Crippen LogP contribution in [0.15, 0.2) is 60.7 Å². The molecule has 0 unspecified atom stereocenters. The first-order valence-corrected chi connectivity index (χ1v) is 8.69. The Bertz CT molecular complexity index is 649. The van der Waals surface area contributed by atoms with E-state index in [4.69, 9.17) is 9.47 Å². The number of ether oxygens (including phenoxy) is 2. The van der Waals surface area contributed by atoms with Crippen molar-refractivity contribution in [2.24, 2.45) is 0 Å². The molecule has 1 heterocycles. The van der Waals surface area contributed by atoms with Crippen molar-refractivity contribution >= 4 is 21.8 Å². The molecule has 126 valence electrons. The minimum absolute atomic E-state index is 0.0450. The van der Waals surface area contributed by atoms with Gasteiger partial charge in [0.05, 0.1) is 12.6 Å². The number of carbonyl (C=O) groups is 1. The molecular formula is C19H20BrNO3. The quantitative estimate of drug-likeness (QED) is 0.581. The summed E-state index contributed by atoms with van der Waals surface area (Å²) in [5.41, 5.74) is 2.11. The highest BCUT2D eigenvalue weighted by Gasteiger charge is 2.54. The summed E-state index contributed by atoms with van der Waals surface area (Å²) in [6.07, 6.45) is 0. The number of nitrogens with zero attached hydrogens (tertiary/aromatic N) is 1. The molecule has 1 fully saturated rings. The van der Waals surface area contributed by atoms with Gasteiger partial charge in [-0.3, -0.25) is 4.79 Å². The molecule has 5 heteroatoms. The molecule has 1 atom stereocenters. The number of alkyl halides is 1. The Kier molecular flexibility index (Phi) is 5.04. The molecule has 1 amide bonds. The van der Waals surface area contributed by atoms with Gasteiger partial charge in [0, 0.05) is 14.2 Å². The van der Waals surface area contributed by atoms with E-state index in [-0.39, 0.29) is 11.9 Å². The Morgan fingerprint density at radius 3 is 1.83 bits per heavy atom. The van der Waals surface area contributed by atoms with Crippen molar-refractivity contribution in [2.75, 3.05) is 20.8 Å². The van der Waals surface area contributed by atoms with E-state index >= 15 is 0 Å². The second kappa shape index (κ2) is 7.05. The van der Waals surface area contributed by atoms with Gasteiger partial charge in [0.25, 0.3) is 0 Å². The lowest BCUT2D eigenvalue weighted by atomic mass is 9.97. The molecular weight excluding hydrogens is 370 g/mol. The van der Waals surface area contributed by atoms with Gasteiger partial charge >= 0.3 is 0 Å². The fourth-order valence-electron chi connectivity index (χ4n) is 3.19. The van der Waals surface area contributed by atoms with Gasteiger partial charge < -0.3 is 14.4 Å². The molecule has 1 saturated heterocycles. The van der Waals surface area contributed by atoms with Gasteiger partial charge in [0.1, 0.15) is 4.83 Å². The molecule has 24 heavy (non-hydrogen) atoms. The summed E-state index contributed by atoms with van der Waals surface area (Å²) in [7, 11) is 3.13. The Morgan fingerprint density at radius 2 is 1.46 bits per heavy atom. The SMILES string of the molecule is COC1(OC)CN(C(c2ccccc2)c2ccccc2)C(=O)[C@H]1Br. The van der Waals surface area contributed by atoms with E-state index in [2.05, 4.69) is 15.9 Å². The highest BCUT2D eigenvalue weighted by atomic mass is 79.9. The lowest BCUT2D eigenvalue weighted by molar-refractivity contribution is -0.192. The molecule has 2 aromatic rings. The number of hydrogen-bond donors (Lipinski definition) is 0. The third kappa shape index (κ3) is 2.88. The van der Waals surface area contributed by atoms with E-state index in [1.165, 1.54) is 0 Å². The number of hydrogen-bond acceptors (Lipinski definition) is 3. The topological polar surface area (TPSA) is 38.8 Å². The number of halogens is 1. The number of amides is 1. The Labute approximate surface area is 150 Å². The predicted octanol–water partition coefficient (Wildman–Crippen LogP) is 3.37. The lowest BCUT2D eigenvalue weighted by Gasteiger charge is -2.31. The van der Waals surface area contributed by atoms with Crippen LogP contribution < -0.4 is 0 Å². The summed E-state index contributed by atoms with van der Waals surface area (Å²) in [6.45, 7) is 0.350. The Hall–Kier alpha value is -1.69. The maximum Gasteiger partial charge on any atom is 0.242 e. The molecule has 1 aliphatic rings. The third-order valence-corrected chi connectivity index (χ3v) is 5.60. The van der Waals surface area contributed by atoms with E-state index in [1.807, 2.05) is 65.6 Å².